The molecule has 0 unspecified atom stereocenters. The number of carbonyl (C=O) groups is 3. The van der Waals surface area contributed by atoms with Crippen molar-refractivity contribution >= 4 is 40.4 Å². The first-order valence-corrected chi connectivity index (χ1v) is 16.4. The molecule has 2 saturated carbocycles. The maximum absolute atomic E-state index is 13.8. The number of aliphatic carboxylic acids is 1. The molecule has 3 N–H and O–H groups in total. The van der Waals surface area contributed by atoms with Crippen LogP contribution < -0.4 is 15.4 Å². The van der Waals surface area contributed by atoms with Gasteiger partial charge in [0.15, 0.2) is 0 Å². The highest BCUT2D eigenvalue weighted by Gasteiger charge is 2.45. The fraction of sp³-hybridized carbons (Fsp3) is 0.342. The summed E-state index contributed by atoms with van der Waals surface area (Å²) in [6.07, 6.45) is 10.6. The third-order valence-electron chi connectivity index (χ3n) is 9.93. The maximum Gasteiger partial charge on any atom is 0.328 e. The van der Waals surface area contributed by atoms with E-state index in [0.29, 0.717) is 48.7 Å². The van der Waals surface area contributed by atoms with Gasteiger partial charge in [0.1, 0.15) is 17.9 Å². The summed E-state index contributed by atoms with van der Waals surface area (Å²) in [6, 6.07) is 19.4. The first-order chi connectivity index (χ1) is 22.3. The lowest BCUT2D eigenvalue weighted by Crippen LogP contribution is -2.61. The Morgan fingerprint density at radius 1 is 0.957 bits per heavy atom. The molecule has 8 heteroatoms. The monoisotopic (exact) mass is 617 g/mol. The molecule has 2 amide bonds. The Balaban J connectivity index is 1.19. The first-order valence-electron chi connectivity index (χ1n) is 16.4. The second kappa shape index (κ2) is 12.2. The molecule has 3 aromatic carbocycles. The van der Waals surface area contributed by atoms with Crippen molar-refractivity contribution in [1.29, 1.82) is 0 Å². The smallest absolute Gasteiger partial charge is 0.328 e. The molecule has 0 radical (unpaired) electrons. The minimum absolute atomic E-state index is 0.248. The molecule has 3 aliphatic rings. The standard InChI is InChI=1S/C38H39N3O5/c1-24-8-15-30-32(22-24)46-21-20-41-31-23-27(12-16-29(31)34(35(30)41)26-6-3-2-4-7-26)36(44)40-38(18-5-19-38)37(45)39-28-13-9-25(10-14-28)11-17-33(42)43/h8-17,22-23,26H,2-7,18-21H2,1H3,(H,39,45)(H,40,44)(H,42,43). The van der Waals surface area contributed by atoms with E-state index in [1.165, 1.54) is 47.5 Å². The highest BCUT2D eigenvalue weighted by atomic mass is 16.5. The number of fused-ring (bicyclic) bond motifs is 5. The van der Waals surface area contributed by atoms with Gasteiger partial charge in [0, 0.05) is 33.8 Å². The van der Waals surface area contributed by atoms with Gasteiger partial charge in [0.05, 0.1) is 12.2 Å². The van der Waals surface area contributed by atoms with E-state index in [1.54, 1.807) is 24.3 Å². The molecule has 236 valence electrons. The number of aromatic nitrogens is 1. The van der Waals surface area contributed by atoms with Crippen LogP contribution >= 0.6 is 0 Å². The summed E-state index contributed by atoms with van der Waals surface area (Å²) in [5.41, 5.74) is 6.74. The topological polar surface area (TPSA) is 110 Å². The largest absolute Gasteiger partial charge is 0.491 e. The second-order valence-corrected chi connectivity index (χ2v) is 13.0. The van der Waals surface area contributed by atoms with Crippen LogP contribution in [0.3, 0.4) is 0 Å². The molecule has 2 fully saturated rings. The molecule has 46 heavy (non-hydrogen) atoms. The number of rotatable bonds is 7. The van der Waals surface area contributed by atoms with Crippen molar-refractivity contribution in [2.24, 2.45) is 0 Å². The van der Waals surface area contributed by atoms with Crippen LogP contribution in [0.2, 0.25) is 0 Å². The molecule has 4 aromatic rings. The molecule has 0 atom stereocenters. The quantitative estimate of drug-likeness (QED) is 0.187. The van der Waals surface area contributed by atoms with E-state index < -0.39 is 11.5 Å². The van der Waals surface area contributed by atoms with Crippen molar-refractivity contribution in [3.63, 3.8) is 0 Å². The summed E-state index contributed by atoms with van der Waals surface area (Å²) < 4.78 is 8.60. The number of aryl methyl sites for hydroxylation is 1. The number of hydrogen-bond acceptors (Lipinski definition) is 4. The van der Waals surface area contributed by atoms with Gasteiger partial charge in [-0.3, -0.25) is 9.59 Å². The first kappa shape index (κ1) is 29.8. The molecule has 1 aliphatic heterocycles. The number of carboxylic acids is 1. The van der Waals surface area contributed by atoms with E-state index in [-0.39, 0.29) is 11.8 Å². The van der Waals surface area contributed by atoms with E-state index in [1.807, 2.05) is 12.1 Å². The highest BCUT2D eigenvalue weighted by molar-refractivity contribution is 6.06. The van der Waals surface area contributed by atoms with Crippen LogP contribution in [0.4, 0.5) is 5.69 Å². The molecular weight excluding hydrogens is 578 g/mol. The number of amides is 2. The zero-order valence-electron chi connectivity index (χ0n) is 26.1. The van der Waals surface area contributed by atoms with Gasteiger partial charge in [-0.2, -0.15) is 0 Å². The van der Waals surface area contributed by atoms with Gasteiger partial charge in [-0.15, -0.1) is 0 Å². The second-order valence-electron chi connectivity index (χ2n) is 13.0. The Kier molecular flexibility index (Phi) is 7.89. The summed E-state index contributed by atoms with van der Waals surface area (Å²) in [7, 11) is 0. The van der Waals surface area contributed by atoms with E-state index in [9.17, 15) is 14.4 Å². The molecule has 8 nitrogen and oxygen atoms in total. The third-order valence-corrected chi connectivity index (χ3v) is 9.93. The molecule has 2 aliphatic carbocycles. The van der Waals surface area contributed by atoms with E-state index in [4.69, 9.17) is 9.84 Å². The average molecular weight is 618 g/mol. The van der Waals surface area contributed by atoms with Crippen molar-refractivity contribution in [3.05, 3.63) is 89.0 Å². The molecule has 1 aromatic heterocycles. The van der Waals surface area contributed by atoms with Crippen molar-refractivity contribution in [1.82, 2.24) is 9.88 Å². The maximum atomic E-state index is 13.8. The van der Waals surface area contributed by atoms with E-state index >= 15 is 0 Å². The van der Waals surface area contributed by atoms with Crippen molar-refractivity contribution in [2.75, 3.05) is 11.9 Å². The molecule has 0 bridgehead atoms. The predicted octanol–water partition coefficient (Wildman–Crippen LogP) is 7.45. The zero-order valence-corrected chi connectivity index (χ0v) is 26.1. The van der Waals surface area contributed by atoms with Gasteiger partial charge >= 0.3 is 5.97 Å². The number of hydrogen-bond donors (Lipinski definition) is 3. The van der Waals surface area contributed by atoms with Crippen LogP contribution in [0.15, 0.2) is 66.7 Å². The van der Waals surface area contributed by atoms with Crippen molar-refractivity contribution < 1.29 is 24.2 Å². The fourth-order valence-corrected chi connectivity index (χ4v) is 7.36. The number of carbonyl (C=O) groups excluding carboxylic acids is 2. The lowest BCUT2D eigenvalue weighted by molar-refractivity contribution is -0.131. The van der Waals surface area contributed by atoms with Crippen LogP contribution in [-0.2, 0) is 16.1 Å². The van der Waals surface area contributed by atoms with Crippen LogP contribution in [0.25, 0.3) is 28.2 Å². The Morgan fingerprint density at radius 2 is 1.74 bits per heavy atom. The average Bonchev–Trinajstić information content (AvgIpc) is 3.24. The van der Waals surface area contributed by atoms with Gasteiger partial charge in [0.2, 0.25) is 5.91 Å². The lowest BCUT2D eigenvalue weighted by atomic mass is 9.75. The Bertz CT molecular complexity index is 1860. The summed E-state index contributed by atoms with van der Waals surface area (Å²) >= 11 is 0. The summed E-state index contributed by atoms with van der Waals surface area (Å²) in [5.74, 6) is -0.154. The third kappa shape index (κ3) is 5.57. The van der Waals surface area contributed by atoms with Gasteiger partial charge in [0.25, 0.3) is 5.91 Å². The van der Waals surface area contributed by atoms with Gasteiger partial charge < -0.3 is 25.0 Å². The Hall–Kier alpha value is -4.85. The van der Waals surface area contributed by atoms with Gasteiger partial charge in [-0.05, 0) is 104 Å². The minimum Gasteiger partial charge on any atom is -0.491 e. The summed E-state index contributed by atoms with van der Waals surface area (Å²) in [5, 5.41) is 16.1. The normalized spacial score (nSPS) is 17.3. The SMILES string of the molecule is Cc1ccc2c(c1)OCCn1c-2c(C2CCCCC2)c2ccc(C(=O)NC3(C(=O)Nc4ccc(C=CC(=O)O)cc4)CCC3)cc21. The van der Waals surface area contributed by atoms with Crippen molar-refractivity contribution in [3.8, 4) is 17.0 Å². The molecule has 7 rings (SSSR count). The fourth-order valence-electron chi connectivity index (χ4n) is 7.36. The van der Waals surface area contributed by atoms with E-state index in [2.05, 4.69) is 46.4 Å². The zero-order chi connectivity index (χ0) is 31.8. The summed E-state index contributed by atoms with van der Waals surface area (Å²) in [4.78, 5) is 38.1. The van der Waals surface area contributed by atoms with Crippen LogP contribution in [0, 0.1) is 6.92 Å². The van der Waals surface area contributed by atoms with Crippen LogP contribution in [0.5, 0.6) is 5.75 Å². The molecular formula is C38H39N3O5. The highest BCUT2D eigenvalue weighted by Crippen LogP contribution is 2.47. The number of ether oxygens (including phenoxy) is 1. The number of nitrogens with zero attached hydrogens (tertiary/aromatic N) is 1. The Labute approximate surface area is 268 Å². The summed E-state index contributed by atoms with van der Waals surface area (Å²) in [6.45, 7) is 3.33. The molecule has 0 saturated heterocycles. The van der Waals surface area contributed by atoms with Crippen LogP contribution in [0.1, 0.15) is 84.3 Å². The molecule has 0 spiro atoms. The Morgan fingerprint density at radius 3 is 2.46 bits per heavy atom. The lowest BCUT2D eigenvalue weighted by Gasteiger charge is -2.40. The van der Waals surface area contributed by atoms with Crippen molar-refractivity contribution in [2.45, 2.75) is 76.3 Å². The number of nitrogens with one attached hydrogen (secondary N) is 2. The van der Waals surface area contributed by atoms with Gasteiger partial charge in [-0.1, -0.05) is 43.5 Å². The predicted molar refractivity (Wildman–Crippen MR) is 179 cm³/mol. The van der Waals surface area contributed by atoms with E-state index in [0.717, 1.165) is 42.2 Å². The minimum atomic E-state index is -1.02. The number of carboxylic acid groups (broad SMARTS) is 1. The van der Waals surface area contributed by atoms with Gasteiger partial charge in [-0.25, -0.2) is 4.79 Å². The molecule has 2 heterocycles. The number of benzene rings is 3. The van der Waals surface area contributed by atoms with Crippen LogP contribution in [-0.4, -0.2) is 39.6 Å². The number of anilines is 1.